The predicted octanol–water partition coefficient (Wildman–Crippen LogP) is 3.35. The zero-order chi connectivity index (χ0) is 13.8. The Morgan fingerprint density at radius 3 is 2.89 bits per heavy atom. The molecule has 0 fully saturated rings. The van der Waals surface area contributed by atoms with Gasteiger partial charge in [0, 0.05) is 12.7 Å². The Kier molecular flexibility index (Phi) is 4.71. The van der Waals surface area contributed by atoms with Crippen LogP contribution in [0.15, 0.2) is 23.8 Å². The van der Waals surface area contributed by atoms with Crippen molar-refractivity contribution in [2.75, 3.05) is 20.3 Å². The maximum absolute atomic E-state index is 9.08. The van der Waals surface area contributed by atoms with Gasteiger partial charge in [-0.15, -0.1) is 11.6 Å². The molecule has 3 nitrogen and oxygen atoms in total. The Bertz CT molecular complexity index is 549. The third-order valence-electron chi connectivity index (χ3n) is 2.94. The molecule has 0 radical (unpaired) electrons. The second-order valence-electron chi connectivity index (χ2n) is 4.17. The van der Waals surface area contributed by atoms with Gasteiger partial charge in [0.1, 0.15) is 12.4 Å². The lowest BCUT2D eigenvalue weighted by Gasteiger charge is -2.21. The molecule has 0 N–H and O–H groups in total. The van der Waals surface area contributed by atoms with Gasteiger partial charge in [-0.05, 0) is 24.1 Å². The van der Waals surface area contributed by atoms with Gasteiger partial charge in [-0.1, -0.05) is 17.7 Å². The fourth-order valence-corrected chi connectivity index (χ4v) is 2.70. The Morgan fingerprint density at radius 1 is 1.42 bits per heavy atom. The monoisotopic (exact) mass is 297 g/mol. The molecule has 0 bridgehead atoms. The van der Waals surface area contributed by atoms with Gasteiger partial charge >= 0.3 is 0 Å². The van der Waals surface area contributed by atoms with E-state index < -0.39 is 0 Å². The standard InChI is InChI=1S/C14H13Cl2NO2/c1-18-4-5-19-10-3-2-9-6-13(15)12(8-17)14(16)11(9)7-10/h2-3,7,13H,4-6H2,1H3. The van der Waals surface area contributed by atoms with E-state index in [1.165, 1.54) is 0 Å². The first kappa shape index (κ1) is 14.2. The number of fused-ring (bicyclic) bond motifs is 1. The quantitative estimate of drug-likeness (QED) is 0.632. The molecular formula is C14H13Cl2NO2. The maximum Gasteiger partial charge on any atom is 0.120 e. The van der Waals surface area contributed by atoms with Crippen LogP contribution in [-0.2, 0) is 11.2 Å². The van der Waals surface area contributed by atoms with Crippen molar-refractivity contribution in [1.82, 2.24) is 0 Å². The van der Waals surface area contributed by atoms with E-state index in [4.69, 9.17) is 37.9 Å². The zero-order valence-electron chi connectivity index (χ0n) is 10.5. The predicted molar refractivity (Wildman–Crippen MR) is 75.5 cm³/mol. The van der Waals surface area contributed by atoms with Crippen LogP contribution >= 0.6 is 23.2 Å². The summed E-state index contributed by atoms with van der Waals surface area (Å²) >= 11 is 12.4. The molecule has 0 saturated carbocycles. The second kappa shape index (κ2) is 6.29. The average Bonchev–Trinajstić information content (AvgIpc) is 2.40. The Hall–Kier alpha value is -1.21. The van der Waals surface area contributed by atoms with Gasteiger partial charge in [0.15, 0.2) is 0 Å². The SMILES string of the molecule is COCCOc1ccc2c(c1)C(Cl)=C(C#N)C(Cl)C2. The number of ether oxygens (including phenoxy) is 2. The van der Waals surface area contributed by atoms with E-state index in [1.807, 2.05) is 18.2 Å². The van der Waals surface area contributed by atoms with E-state index in [1.54, 1.807) is 7.11 Å². The molecule has 1 aromatic carbocycles. The number of alkyl halides is 1. The number of hydrogen-bond donors (Lipinski definition) is 0. The molecule has 2 rings (SSSR count). The second-order valence-corrected chi connectivity index (χ2v) is 5.08. The van der Waals surface area contributed by atoms with E-state index in [0.717, 1.165) is 11.1 Å². The molecule has 0 amide bonds. The lowest BCUT2D eigenvalue weighted by Crippen LogP contribution is -2.14. The normalized spacial score (nSPS) is 17.9. The first-order valence-electron chi connectivity index (χ1n) is 5.86. The van der Waals surface area contributed by atoms with Crippen molar-refractivity contribution in [2.24, 2.45) is 0 Å². The minimum atomic E-state index is -0.356. The van der Waals surface area contributed by atoms with Crippen LogP contribution in [0.25, 0.3) is 5.03 Å². The summed E-state index contributed by atoms with van der Waals surface area (Å²) in [5.74, 6) is 0.708. The third kappa shape index (κ3) is 3.03. The maximum atomic E-state index is 9.08. The van der Waals surface area contributed by atoms with Crippen molar-refractivity contribution in [3.8, 4) is 11.8 Å². The Morgan fingerprint density at radius 2 is 2.21 bits per heavy atom. The number of nitriles is 1. The van der Waals surface area contributed by atoms with Gasteiger partial charge in [-0.3, -0.25) is 0 Å². The topological polar surface area (TPSA) is 42.2 Å². The average molecular weight is 298 g/mol. The molecule has 1 aliphatic rings. The number of allylic oxidation sites excluding steroid dienone is 1. The van der Waals surface area contributed by atoms with E-state index in [9.17, 15) is 0 Å². The molecule has 1 atom stereocenters. The summed E-state index contributed by atoms with van der Waals surface area (Å²) in [6, 6.07) is 7.72. The van der Waals surface area contributed by atoms with Crippen LogP contribution < -0.4 is 4.74 Å². The van der Waals surface area contributed by atoms with Crippen molar-refractivity contribution in [3.63, 3.8) is 0 Å². The Balaban J connectivity index is 2.29. The summed E-state index contributed by atoms with van der Waals surface area (Å²) < 4.78 is 10.5. The van der Waals surface area contributed by atoms with Gasteiger partial charge in [0.05, 0.1) is 28.7 Å². The fourth-order valence-electron chi connectivity index (χ4n) is 1.97. The van der Waals surface area contributed by atoms with Crippen molar-refractivity contribution >= 4 is 28.2 Å². The van der Waals surface area contributed by atoms with Crippen molar-refractivity contribution in [1.29, 1.82) is 5.26 Å². The summed E-state index contributed by atoms with van der Waals surface area (Å²) in [6.45, 7) is 0.994. The number of rotatable bonds is 4. The van der Waals surface area contributed by atoms with E-state index >= 15 is 0 Å². The van der Waals surface area contributed by atoms with Crippen LogP contribution in [0.3, 0.4) is 0 Å². The van der Waals surface area contributed by atoms with E-state index in [0.29, 0.717) is 36.0 Å². The van der Waals surface area contributed by atoms with Crippen LogP contribution in [0, 0.1) is 11.3 Å². The highest BCUT2D eigenvalue weighted by molar-refractivity contribution is 6.50. The van der Waals surface area contributed by atoms with Crippen LogP contribution in [0.4, 0.5) is 0 Å². The Labute approximate surface area is 122 Å². The van der Waals surface area contributed by atoms with Crippen molar-refractivity contribution in [3.05, 3.63) is 34.9 Å². The molecule has 19 heavy (non-hydrogen) atoms. The highest BCUT2D eigenvalue weighted by Crippen LogP contribution is 2.37. The molecule has 0 heterocycles. The van der Waals surface area contributed by atoms with Gasteiger partial charge in [0.2, 0.25) is 0 Å². The number of benzene rings is 1. The first-order chi connectivity index (χ1) is 9.17. The van der Waals surface area contributed by atoms with Gasteiger partial charge in [-0.25, -0.2) is 0 Å². The minimum Gasteiger partial charge on any atom is -0.491 e. The number of methoxy groups -OCH3 is 1. The zero-order valence-corrected chi connectivity index (χ0v) is 12.0. The smallest absolute Gasteiger partial charge is 0.120 e. The highest BCUT2D eigenvalue weighted by Gasteiger charge is 2.25. The lowest BCUT2D eigenvalue weighted by atomic mass is 9.92. The van der Waals surface area contributed by atoms with Crippen molar-refractivity contribution < 1.29 is 9.47 Å². The van der Waals surface area contributed by atoms with Crippen molar-refractivity contribution in [2.45, 2.75) is 11.8 Å². The molecule has 5 heteroatoms. The lowest BCUT2D eigenvalue weighted by molar-refractivity contribution is 0.146. The summed E-state index contributed by atoms with van der Waals surface area (Å²) in [5.41, 5.74) is 2.28. The highest BCUT2D eigenvalue weighted by atomic mass is 35.5. The molecule has 1 aliphatic carbocycles. The number of nitrogens with zero attached hydrogens (tertiary/aromatic N) is 1. The van der Waals surface area contributed by atoms with Gasteiger partial charge < -0.3 is 9.47 Å². The van der Waals surface area contributed by atoms with Gasteiger partial charge in [0.25, 0.3) is 0 Å². The molecule has 0 spiro atoms. The summed E-state index contributed by atoms with van der Waals surface area (Å²) in [4.78, 5) is 0. The molecule has 1 unspecified atom stereocenters. The minimum absolute atomic E-state index is 0.356. The summed E-state index contributed by atoms with van der Waals surface area (Å²) in [6.07, 6.45) is 0.606. The largest absolute Gasteiger partial charge is 0.491 e. The molecule has 0 aliphatic heterocycles. The number of halogens is 2. The van der Waals surface area contributed by atoms with E-state index in [-0.39, 0.29) is 5.38 Å². The van der Waals surface area contributed by atoms with E-state index in [2.05, 4.69) is 6.07 Å². The first-order valence-corrected chi connectivity index (χ1v) is 6.67. The molecule has 0 saturated heterocycles. The summed E-state index contributed by atoms with van der Waals surface area (Å²) in [7, 11) is 1.62. The molecular weight excluding hydrogens is 285 g/mol. The third-order valence-corrected chi connectivity index (χ3v) is 3.72. The van der Waals surface area contributed by atoms with Crippen LogP contribution in [0.2, 0.25) is 0 Å². The number of hydrogen-bond acceptors (Lipinski definition) is 3. The fraction of sp³-hybridized carbons (Fsp3) is 0.357. The van der Waals surface area contributed by atoms with Crippen LogP contribution in [-0.4, -0.2) is 25.7 Å². The molecule has 100 valence electrons. The molecule has 0 aromatic heterocycles. The van der Waals surface area contributed by atoms with Crippen LogP contribution in [0.5, 0.6) is 5.75 Å². The van der Waals surface area contributed by atoms with Crippen LogP contribution in [0.1, 0.15) is 11.1 Å². The molecule has 1 aromatic rings. The summed E-state index contributed by atoms with van der Waals surface area (Å²) in [5, 5.41) is 9.14. The van der Waals surface area contributed by atoms with Gasteiger partial charge in [-0.2, -0.15) is 5.26 Å².